The summed E-state index contributed by atoms with van der Waals surface area (Å²) in [5, 5.41) is 3.70. The van der Waals surface area contributed by atoms with E-state index in [0.29, 0.717) is 0 Å². The lowest BCUT2D eigenvalue weighted by Gasteiger charge is -2.41. The fraction of sp³-hybridized carbons (Fsp3) is 0.208. The second kappa shape index (κ2) is 7.55. The molecule has 0 saturated carbocycles. The molecule has 0 fully saturated rings. The van der Waals surface area contributed by atoms with Crippen LogP contribution in [-0.4, -0.2) is 5.71 Å². The van der Waals surface area contributed by atoms with Crippen molar-refractivity contribution >= 4 is 17.1 Å². The Hall–Kier alpha value is -3.01. The average Bonchev–Trinajstić information content (AvgIpc) is 2.72. The van der Waals surface area contributed by atoms with Gasteiger partial charge in [-0.3, -0.25) is 0 Å². The minimum Gasteiger partial charge on any atom is -0.369 e. The van der Waals surface area contributed by atoms with Crippen molar-refractivity contribution in [2.24, 2.45) is 4.99 Å². The second-order valence-electron chi connectivity index (χ2n) is 7.13. The van der Waals surface area contributed by atoms with E-state index in [1.165, 1.54) is 24.3 Å². The van der Waals surface area contributed by atoms with Gasteiger partial charge in [-0.1, -0.05) is 56.2 Å². The Balaban J connectivity index is 1.95. The first kappa shape index (κ1) is 18.4. The van der Waals surface area contributed by atoms with E-state index in [1.54, 1.807) is 12.1 Å². The molecular weight excluding hydrogens is 354 g/mol. The van der Waals surface area contributed by atoms with Gasteiger partial charge in [0.05, 0.1) is 17.1 Å². The van der Waals surface area contributed by atoms with E-state index in [2.05, 4.69) is 12.2 Å². The maximum Gasteiger partial charge on any atom is 0.123 e. The molecule has 0 saturated heterocycles. The fourth-order valence-electron chi connectivity index (χ4n) is 3.81. The van der Waals surface area contributed by atoms with Gasteiger partial charge < -0.3 is 5.32 Å². The van der Waals surface area contributed by atoms with Crippen LogP contribution in [-0.2, 0) is 5.54 Å². The normalized spacial score (nSPS) is 18.2. The van der Waals surface area contributed by atoms with Gasteiger partial charge >= 0.3 is 0 Å². The molecule has 28 heavy (non-hydrogen) atoms. The molecule has 1 N–H and O–H groups in total. The summed E-state index contributed by atoms with van der Waals surface area (Å²) in [5.41, 5.74) is 3.79. The van der Waals surface area contributed by atoms with Crippen LogP contribution in [0.3, 0.4) is 0 Å². The number of rotatable bonds is 5. The molecule has 3 aromatic rings. The maximum absolute atomic E-state index is 13.6. The molecule has 4 rings (SSSR count). The average molecular weight is 376 g/mol. The SMILES string of the molecule is CCCC[C@]1(c2ccc(F)cc2)Nc2ccccc2N=C1c1ccc(F)cc1. The summed E-state index contributed by atoms with van der Waals surface area (Å²) >= 11 is 0. The van der Waals surface area contributed by atoms with Gasteiger partial charge in [0, 0.05) is 0 Å². The van der Waals surface area contributed by atoms with E-state index in [1.807, 2.05) is 36.4 Å². The highest BCUT2D eigenvalue weighted by Crippen LogP contribution is 2.43. The molecule has 0 aliphatic carbocycles. The number of hydrogen-bond donors (Lipinski definition) is 1. The van der Waals surface area contributed by atoms with Gasteiger partial charge in [-0.15, -0.1) is 0 Å². The first-order valence-corrected chi connectivity index (χ1v) is 9.61. The summed E-state index contributed by atoms with van der Waals surface area (Å²) in [4.78, 5) is 4.99. The van der Waals surface area contributed by atoms with Crippen LogP contribution in [0.1, 0.15) is 37.3 Å². The summed E-state index contributed by atoms with van der Waals surface area (Å²) in [7, 11) is 0. The molecule has 0 amide bonds. The third-order valence-corrected chi connectivity index (χ3v) is 5.25. The Labute approximate surface area is 164 Å². The third kappa shape index (κ3) is 3.31. The molecule has 142 valence electrons. The number of hydrogen-bond acceptors (Lipinski definition) is 2. The van der Waals surface area contributed by atoms with Crippen molar-refractivity contribution in [3.05, 3.63) is 95.6 Å². The smallest absolute Gasteiger partial charge is 0.123 e. The van der Waals surface area contributed by atoms with Gasteiger partial charge in [0.15, 0.2) is 0 Å². The van der Waals surface area contributed by atoms with Gasteiger partial charge in [0.1, 0.15) is 17.2 Å². The van der Waals surface area contributed by atoms with Crippen LogP contribution in [0.4, 0.5) is 20.2 Å². The van der Waals surface area contributed by atoms with Crippen LogP contribution in [0.15, 0.2) is 77.8 Å². The molecule has 0 unspecified atom stereocenters. The largest absolute Gasteiger partial charge is 0.369 e. The topological polar surface area (TPSA) is 24.4 Å². The summed E-state index contributed by atoms with van der Waals surface area (Å²) in [5.74, 6) is -0.555. The number of fused-ring (bicyclic) bond motifs is 1. The minimum absolute atomic E-state index is 0.272. The van der Waals surface area contributed by atoms with Crippen molar-refractivity contribution in [2.45, 2.75) is 31.7 Å². The molecule has 0 aromatic heterocycles. The van der Waals surface area contributed by atoms with Gasteiger partial charge in [-0.05, 0) is 53.9 Å². The summed E-state index contributed by atoms with van der Waals surface area (Å²) in [6.45, 7) is 2.14. The van der Waals surface area contributed by atoms with E-state index < -0.39 is 5.54 Å². The number of aliphatic imine (C=N–C) groups is 1. The molecule has 3 aromatic carbocycles. The molecule has 1 aliphatic heterocycles. The highest BCUT2D eigenvalue weighted by Gasteiger charge is 2.41. The Morgan fingerprint density at radius 3 is 2.18 bits per heavy atom. The molecule has 1 atom stereocenters. The van der Waals surface area contributed by atoms with Crippen LogP contribution in [0.25, 0.3) is 0 Å². The third-order valence-electron chi connectivity index (χ3n) is 5.25. The monoisotopic (exact) mass is 376 g/mol. The van der Waals surface area contributed by atoms with Gasteiger partial charge in [0.25, 0.3) is 0 Å². The number of nitrogens with one attached hydrogen (secondary N) is 1. The molecular formula is C24H22F2N2. The van der Waals surface area contributed by atoms with Crippen molar-refractivity contribution in [1.29, 1.82) is 0 Å². The molecule has 1 heterocycles. The maximum atomic E-state index is 13.6. The van der Waals surface area contributed by atoms with E-state index in [-0.39, 0.29) is 11.6 Å². The van der Waals surface area contributed by atoms with Crippen LogP contribution in [0.5, 0.6) is 0 Å². The van der Waals surface area contributed by atoms with Gasteiger partial charge in [0.2, 0.25) is 0 Å². The van der Waals surface area contributed by atoms with Crippen molar-refractivity contribution in [2.75, 3.05) is 5.32 Å². The zero-order valence-corrected chi connectivity index (χ0v) is 15.8. The number of nitrogens with zero attached hydrogens (tertiary/aromatic N) is 1. The first-order chi connectivity index (χ1) is 13.6. The molecule has 1 aliphatic rings. The highest BCUT2D eigenvalue weighted by atomic mass is 19.1. The zero-order valence-electron chi connectivity index (χ0n) is 15.8. The number of unbranched alkanes of at least 4 members (excludes halogenated alkanes) is 1. The molecule has 0 bridgehead atoms. The summed E-state index contributed by atoms with van der Waals surface area (Å²) in [6.07, 6.45) is 2.77. The lowest BCUT2D eigenvalue weighted by atomic mass is 9.76. The molecule has 0 spiro atoms. The zero-order chi connectivity index (χ0) is 19.6. The number of halogens is 2. The minimum atomic E-state index is -0.615. The van der Waals surface area contributed by atoms with Crippen LogP contribution < -0.4 is 5.32 Å². The van der Waals surface area contributed by atoms with Gasteiger partial charge in [-0.2, -0.15) is 0 Å². The molecule has 2 nitrogen and oxygen atoms in total. The first-order valence-electron chi connectivity index (χ1n) is 9.61. The second-order valence-corrected chi connectivity index (χ2v) is 7.13. The summed E-state index contributed by atoms with van der Waals surface area (Å²) in [6, 6.07) is 20.9. The Morgan fingerprint density at radius 1 is 0.857 bits per heavy atom. The predicted molar refractivity (Wildman–Crippen MR) is 110 cm³/mol. The highest BCUT2D eigenvalue weighted by molar-refractivity contribution is 6.12. The molecule has 0 radical (unpaired) electrons. The van der Waals surface area contributed by atoms with Crippen molar-refractivity contribution < 1.29 is 8.78 Å². The standard InChI is InChI=1S/C24H22F2N2/c1-2-3-16-24(18-10-14-20(26)15-11-18)23(17-8-12-19(25)13-9-17)27-21-6-4-5-7-22(21)28-24/h4-15,28H,2-3,16H2,1H3/t24-/m1/s1. The Morgan fingerprint density at radius 2 is 1.50 bits per heavy atom. The van der Waals surface area contributed by atoms with Crippen LogP contribution in [0, 0.1) is 11.6 Å². The predicted octanol–water partition coefficient (Wildman–Crippen LogP) is 6.60. The Bertz CT molecular complexity index is 994. The lowest BCUT2D eigenvalue weighted by molar-refractivity contribution is 0.549. The number of anilines is 1. The lowest BCUT2D eigenvalue weighted by Crippen LogP contribution is -2.45. The van der Waals surface area contributed by atoms with E-state index in [0.717, 1.165) is 47.5 Å². The van der Waals surface area contributed by atoms with Crippen molar-refractivity contribution in [3.63, 3.8) is 0 Å². The molecule has 4 heteroatoms. The van der Waals surface area contributed by atoms with Crippen LogP contribution in [0.2, 0.25) is 0 Å². The summed E-state index contributed by atoms with van der Waals surface area (Å²) < 4.78 is 27.2. The number of benzene rings is 3. The number of para-hydroxylation sites is 2. The van der Waals surface area contributed by atoms with E-state index >= 15 is 0 Å². The van der Waals surface area contributed by atoms with E-state index in [9.17, 15) is 8.78 Å². The Kier molecular flexibility index (Phi) is 4.95. The van der Waals surface area contributed by atoms with Crippen LogP contribution >= 0.6 is 0 Å². The van der Waals surface area contributed by atoms with Crippen molar-refractivity contribution in [1.82, 2.24) is 0 Å². The van der Waals surface area contributed by atoms with Crippen molar-refractivity contribution in [3.8, 4) is 0 Å². The van der Waals surface area contributed by atoms with E-state index in [4.69, 9.17) is 4.99 Å². The quantitative estimate of drug-likeness (QED) is 0.533. The fourth-order valence-corrected chi connectivity index (χ4v) is 3.81. The van der Waals surface area contributed by atoms with Gasteiger partial charge in [-0.25, -0.2) is 13.8 Å².